The molecular weight excluding hydrogens is 285 g/mol. The highest BCUT2D eigenvalue weighted by Gasteiger charge is 2.31. The SMILES string of the molecule is CCC(CC)N(C)c1ccc(C(F)(F)F)cc1C(N)=S. The topological polar surface area (TPSA) is 29.3 Å². The second-order valence-corrected chi connectivity index (χ2v) is 5.11. The average molecular weight is 304 g/mol. The fourth-order valence-electron chi connectivity index (χ4n) is 2.25. The van der Waals surface area contributed by atoms with Crippen molar-refractivity contribution in [1.29, 1.82) is 0 Å². The molecule has 0 aliphatic rings. The quantitative estimate of drug-likeness (QED) is 0.835. The van der Waals surface area contributed by atoms with Crippen LogP contribution in [0.25, 0.3) is 0 Å². The normalized spacial score (nSPS) is 11.8. The molecule has 1 aromatic carbocycles. The number of thiocarbonyl (C=S) groups is 1. The van der Waals surface area contributed by atoms with E-state index in [1.165, 1.54) is 6.07 Å². The molecule has 0 fully saturated rings. The molecule has 0 heterocycles. The monoisotopic (exact) mass is 304 g/mol. The highest BCUT2D eigenvalue weighted by molar-refractivity contribution is 7.80. The summed E-state index contributed by atoms with van der Waals surface area (Å²) in [5, 5.41) is 0. The van der Waals surface area contributed by atoms with Crippen LogP contribution in [0.4, 0.5) is 18.9 Å². The second-order valence-electron chi connectivity index (χ2n) is 4.68. The standard InChI is InChI=1S/C14H19F3N2S/c1-4-10(5-2)19(3)12-7-6-9(14(15,16)17)8-11(12)13(18)20/h6-8,10H,4-5H2,1-3H3,(H2,18,20). The molecule has 0 saturated heterocycles. The lowest BCUT2D eigenvalue weighted by atomic mass is 10.0. The van der Waals surface area contributed by atoms with Gasteiger partial charge in [-0.3, -0.25) is 0 Å². The summed E-state index contributed by atoms with van der Waals surface area (Å²) in [6, 6.07) is 3.77. The molecule has 0 aliphatic heterocycles. The third-order valence-corrected chi connectivity index (χ3v) is 3.68. The summed E-state index contributed by atoms with van der Waals surface area (Å²) in [6.45, 7) is 4.07. The third kappa shape index (κ3) is 3.62. The van der Waals surface area contributed by atoms with E-state index in [0.717, 1.165) is 25.0 Å². The first-order valence-electron chi connectivity index (χ1n) is 6.46. The van der Waals surface area contributed by atoms with E-state index in [9.17, 15) is 13.2 Å². The number of rotatable bonds is 5. The Hall–Kier alpha value is -1.30. The van der Waals surface area contributed by atoms with Gasteiger partial charge in [0.1, 0.15) is 4.99 Å². The molecule has 6 heteroatoms. The Morgan fingerprint density at radius 1 is 1.30 bits per heavy atom. The molecule has 0 amide bonds. The molecule has 1 aromatic rings. The van der Waals surface area contributed by atoms with E-state index >= 15 is 0 Å². The molecule has 1 rings (SSSR count). The molecule has 0 saturated carbocycles. The van der Waals surface area contributed by atoms with Crippen molar-refractivity contribution in [2.75, 3.05) is 11.9 Å². The van der Waals surface area contributed by atoms with Crippen molar-refractivity contribution in [2.45, 2.75) is 38.9 Å². The fraction of sp³-hybridized carbons (Fsp3) is 0.500. The van der Waals surface area contributed by atoms with Crippen LogP contribution in [0.5, 0.6) is 0 Å². The fourth-order valence-corrected chi connectivity index (χ4v) is 2.41. The maximum atomic E-state index is 12.8. The Labute approximate surface area is 122 Å². The number of alkyl halides is 3. The number of hydrogen-bond donors (Lipinski definition) is 1. The Balaban J connectivity index is 3.30. The van der Waals surface area contributed by atoms with Crippen LogP contribution in [-0.2, 0) is 6.18 Å². The van der Waals surface area contributed by atoms with Gasteiger partial charge in [0.15, 0.2) is 0 Å². The van der Waals surface area contributed by atoms with Gasteiger partial charge in [-0.25, -0.2) is 0 Å². The largest absolute Gasteiger partial charge is 0.416 e. The molecule has 0 bridgehead atoms. The minimum atomic E-state index is -4.40. The van der Waals surface area contributed by atoms with Gasteiger partial charge in [-0.05, 0) is 31.0 Å². The molecule has 0 radical (unpaired) electrons. The molecule has 0 spiro atoms. The van der Waals surface area contributed by atoms with E-state index < -0.39 is 11.7 Å². The molecule has 2 N–H and O–H groups in total. The van der Waals surface area contributed by atoms with Gasteiger partial charge in [0.05, 0.1) is 5.56 Å². The Morgan fingerprint density at radius 2 is 1.85 bits per heavy atom. The van der Waals surface area contributed by atoms with Crippen LogP contribution in [0.2, 0.25) is 0 Å². The molecule has 0 aliphatic carbocycles. The molecule has 112 valence electrons. The zero-order valence-electron chi connectivity index (χ0n) is 11.8. The van der Waals surface area contributed by atoms with Crippen molar-refractivity contribution in [2.24, 2.45) is 5.73 Å². The molecular formula is C14H19F3N2S. The van der Waals surface area contributed by atoms with Crippen molar-refractivity contribution in [3.05, 3.63) is 29.3 Å². The van der Waals surface area contributed by atoms with Gasteiger partial charge < -0.3 is 10.6 Å². The molecule has 0 unspecified atom stereocenters. The van der Waals surface area contributed by atoms with Crippen molar-refractivity contribution >= 4 is 22.9 Å². The number of nitrogens with zero attached hydrogens (tertiary/aromatic N) is 1. The van der Waals surface area contributed by atoms with Crippen molar-refractivity contribution in [3.8, 4) is 0 Å². The lowest BCUT2D eigenvalue weighted by Crippen LogP contribution is -2.32. The zero-order chi connectivity index (χ0) is 15.5. The minimum absolute atomic E-state index is 0.0242. The maximum absolute atomic E-state index is 12.8. The molecule has 0 aromatic heterocycles. The first kappa shape index (κ1) is 16.8. The number of anilines is 1. The Kier molecular flexibility index (Phi) is 5.39. The van der Waals surface area contributed by atoms with E-state index in [1.54, 1.807) is 0 Å². The van der Waals surface area contributed by atoms with Gasteiger partial charge >= 0.3 is 6.18 Å². The first-order chi connectivity index (χ1) is 9.22. The third-order valence-electron chi connectivity index (χ3n) is 3.46. The van der Waals surface area contributed by atoms with Crippen LogP contribution < -0.4 is 10.6 Å². The Bertz CT molecular complexity index is 482. The van der Waals surface area contributed by atoms with Crippen LogP contribution >= 0.6 is 12.2 Å². The zero-order valence-corrected chi connectivity index (χ0v) is 12.6. The second kappa shape index (κ2) is 6.43. The number of halogens is 3. The van der Waals surface area contributed by atoms with Crippen LogP contribution in [0.3, 0.4) is 0 Å². The molecule has 0 atom stereocenters. The van der Waals surface area contributed by atoms with E-state index in [-0.39, 0.29) is 16.6 Å². The van der Waals surface area contributed by atoms with E-state index in [1.807, 2.05) is 25.8 Å². The van der Waals surface area contributed by atoms with Gasteiger partial charge in [0, 0.05) is 24.3 Å². The summed E-state index contributed by atoms with van der Waals surface area (Å²) in [5.41, 5.74) is 5.76. The highest BCUT2D eigenvalue weighted by Crippen LogP contribution is 2.33. The summed E-state index contributed by atoms with van der Waals surface area (Å²) in [6.07, 6.45) is -2.61. The minimum Gasteiger partial charge on any atom is -0.389 e. The van der Waals surface area contributed by atoms with Gasteiger partial charge in [-0.1, -0.05) is 26.1 Å². The number of nitrogens with two attached hydrogens (primary N) is 1. The average Bonchev–Trinajstić information content (AvgIpc) is 2.38. The lowest BCUT2D eigenvalue weighted by molar-refractivity contribution is -0.137. The molecule has 2 nitrogen and oxygen atoms in total. The first-order valence-corrected chi connectivity index (χ1v) is 6.87. The van der Waals surface area contributed by atoms with Gasteiger partial charge in [0.2, 0.25) is 0 Å². The maximum Gasteiger partial charge on any atom is 0.416 e. The lowest BCUT2D eigenvalue weighted by Gasteiger charge is -2.30. The summed E-state index contributed by atoms with van der Waals surface area (Å²) in [4.78, 5) is 1.91. The summed E-state index contributed by atoms with van der Waals surface area (Å²) < 4.78 is 38.3. The summed E-state index contributed by atoms with van der Waals surface area (Å²) in [5.74, 6) is 0. The van der Waals surface area contributed by atoms with Crippen LogP contribution in [0, 0.1) is 0 Å². The predicted octanol–water partition coefficient (Wildman–Crippen LogP) is 3.96. The smallest absolute Gasteiger partial charge is 0.389 e. The number of benzene rings is 1. The van der Waals surface area contributed by atoms with Crippen molar-refractivity contribution in [1.82, 2.24) is 0 Å². The van der Waals surface area contributed by atoms with Crippen molar-refractivity contribution < 1.29 is 13.2 Å². The Morgan fingerprint density at radius 3 is 2.25 bits per heavy atom. The van der Waals surface area contributed by atoms with E-state index in [0.29, 0.717) is 5.69 Å². The van der Waals surface area contributed by atoms with Gasteiger partial charge in [0.25, 0.3) is 0 Å². The summed E-state index contributed by atoms with van der Waals surface area (Å²) >= 11 is 4.89. The van der Waals surface area contributed by atoms with E-state index in [4.69, 9.17) is 18.0 Å². The predicted molar refractivity (Wildman–Crippen MR) is 80.1 cm³/mol. The van der Waals surface area contributed by atoms with Gasteiger partial charge in [-0.15, -0.1) is 0 Å². The van der Waals surface area contributed by atoms with Crippen LogP contribution in [0.15, 0.2) is 18.2 Å². The summed E-state index contributed by atoms with van der Waals surface area (Å²) in [7, 11) is 1.85. The van der Waals surface area contributed by atoms with Crippen LogP contribution in [0.1, 0.15) is 37.8 Å². The van der Waals surface area contributed by atoms with Crippen LogP contribution in [-0.4, -0.2) is 18.1 Å². The molecule has 20 heavy (non-hydrogen) atoms. The van der Waals surface area contributed by atoms with E-state index in [2.05, 4.69) is 0 Å². The van der Waals surface area contributed by atoms with Crippen molar-refractivity contribution in [3.63, 3.8) is 0 Å². The van der Waals surface area contributed by atoms with Gasteiger partial charge in [-0.2, -0.15) is 13.2 Å². The number of hydrogen-bond acceptors (Lipinski definition) is 2. The highest BCUT2D eigenvalue weighted by atomic mass is 32.1.